The first-order valence-electron chi connectivity index (χ1n) is 10.5. The molecular formula is C26H23BrF2N2O3. The molecule has 0 spiro atoms. The number of aromatic nitrogens is 1. The fraction of sp³-hybridized carbons (Fsp3) is 0.192. The average Bonchev–Trinajstić information content (AvgIpc) is 3.20. The van der Waals surface area contributed by atoms with Crippen LogP contribution in [0.5, 0.6) is 5.75 Å². The predicted molar refractivity (Wildman–Crippen MR) is 129 cm³/mol. The molecule has 1 aliphatic rings. The highest BCUT2D eigenvalue weighted by Gasteiger charge is 2.31. The van der Waals surface area contributed by atoms with Crippen LogP contribution in [-0.2, 0) is 21.8 Å². The molecule has 2 N–H and O–H groups in total. The minimum atomic E-state index is -1.12. The van der Waals surface area contributed by atoms with Crippen molar-refractivity contribution in [2.75, 3.05) is 7.11 Å². The molecule has 0 radical (unpaired) electrons. The summed E-state index contributed by atoms with van der Waals surface area (Å²) >= 11 is 3.50. The summed E-state index contributed by atoms with van der Waals surface area (Å²) in [6.07, 6.45) is 5.80. The summed E-state index contributed by atoms with van der Waals surface area (Å²) in [5.41, 5.74) is 8.68. The maximum absolute atomic E-state index is 14.1. The second kappa shape index (κ2) is 9.56. The van der Waals surface area contributed by atoms with Gasteiger partial charge >= 0.3 is 5.97 Å². The third-order valence-electron chi connectivity index (χ3n) is 5.65. The van der Waals surface area contributed by atoms with Crippen LogP contribution in [0.3, 0.4) is 0 Å². The fourth-order valence-electron chi connectivity index (χ4n) is 4.06. The average molecular weight is 529 g/mol. The second-order valence-corrected chi connectivity index (χ2v) is 8.93. The summed E-state index contributed by atoms with van der Waals surface area (Å²) in [6.45, 7) is 1.83. The highest BCUT2D eigenvalue weighted by molar-refractivity contribution is 9.10. The van der Waals surface area contributed by atoms with Crippen molar-refractivity contribution in [2.24, 2.45) is 5.73 Å². The monoisotopic (exact) mass is 528 g/mol. The number of allylic oxidation sites excluding steroid dienone is 1. The number of hydrogen-bond donors (Lipinski definition) is 1. The first-order chi connectivity index (χ1) is 16.2. The Labute approximate surface area is 204 Å². The number of carbonyl (C=O) groups is 1. The molecule has 3 aromatic rings. The molecule has 5 nitrogen and oxygen atoms in total. The molecule has 0 fully saturated rings. The van der Waals surface area contributed by atoms with Crippen molar-refractivity contribution >= 4 is 21.9 Å². The maximum atomic E-state index is 14.1. The van der Waals surface area contributed by atoms with E-state index in [0.29, 0.717) is 23.3 Å². The van der Waals surface area contributed by atoms with Crippen molar-refractivity contribution in [3.05, 3.63) is 99.7 Å². The van der Waals surface area contributed by atoms with E-state index in [1.807, 2.05) is 47.9 Å². The van der Waals surface area contributed by atoms with E-state index in [4.69, 9.17) is 15.2 Å². The van der Waals surface area contributed by atoms with Crippen molar-refractivity contribution in [3.63, 3.8) is 0 Å². The molecule has 4 rings (SSSR count). The van der Waals surface area contributed by atoms with Gasteiger partial charge in [0.2, 0.25) is 0 Å². The van der Waals surface area contributed by atoms with Gasteiger partial charge in [-0.1, -0.05) is 22.0 Å². The normalized spacial score (nSPS) is 17.4. The highest BCUT2D eigenvalue weighted by atomic mass is 79.9. The Bertz CT molecular complexity index is 1320. The highest BCUT2D eigenvalue weighted by Crippen LogP contribution is 2.38. The van der Waals surface area contributed by atoms with Gasteiger partial charge in [-0.15, -0.1) is 0 Å². The topological polar surface area (TPSA) is 66.5 Å². The van der Waals surface area contributed by atoms with E-state index in [2.05, 4.69) is 15.9 Å². The molecule has 1 aromatic heterocycles. The first-order valence-corrected chi connectivity index (χ1v) is 11.3. The Morgan fingerprint density at radius 1 is 1.18 bits per heavy atom. The quantitative estimate of drug-likeness (QED) is 0.326. The number of ether oxygens (including phenoxy) is 2. The van der Waals surface area contributed by atoms with E-state index in [1.54, 1.807) is 12.1 Å². The summed E-state index contributed by atoms with van der Waals surface area (Å²) in [4.78, 5) is 12.2. The molecule has 0 saturated heterocycles. The van der Waals surface area contributed by atoms with Crippen molar-refractivity contribution in [1.29, 1.82) is 0 Å². The maximum Gasteiger partial charge on any atom is 0.333 e. The van der Waals surface area contributed by atoms with Crippen LogP contribution in [0.4, 0.5) is 8.78 Å². The lowest BCUT2D eigenvalue weighted by molar-refractivity contribution is -0.136. The van der Waals surface area contributed by atoms with Gasteiger partial charge in [-0.3, -0.25) is 0 Å². The van der Waals surface area contributed by atoms with Crippen LogP contribution >= 0.6 is 15.9 Å². The molecule has 8 heteroatoms. The number of halogens is 3. The van der Waals surface area contributed by atoms with E-state index in [1.165, 1.54) is 19.2 Å². The van der Waals surface area contributed by atoms with Gasteiger partial charge in [-0.25, -0.2) is 13.6 Å². The molecular weight excluding hydrogens is 506 g/mol. The largest absolute Gasteiger partial charge is 0.488 e. The fourth-order valence-corrected chi connectivity index (χ4v) is 4.42. The number of benzene rings is 2. The summed E-state index contributed by atoms with van der Waals surface area (Å²) in [7, 11) is 1.33. The van der Waals surface area contributed by atoms with Gasteiger partial charge in [-0.2, -0.15) is 0 Å². The van der Waals surface area contributed by atoms with Gasteiger partial charge in [0.25, 0.3) is 0 Å². The van der Waals surface area contributed by atoms with Crippen molar-refractivity contribution in [3.8, 4) is 17.0 Å². The number of nitrogens with two attached hydrogens (primary N) is 1. The third-order valence-corrected chi connectivity index (χ3v) is 6.15. The zero-order valence-corrected chi connectivity index (χ0v) is 20.2. The van der Waals surface area contributed by atoms with E-state index in [0.717, 1.165) is 21.9 Å². The van der Waals surface area contributed by atoms with Crippen LogP contribution in [-0.4, -0.2) is 17.6 Å². The van der Waals surface area contributed by atoms with Crippen LogP contribution in [0.2, 0.25) is 0 Å². The molecule has 1 atom stereocenters. The van der Waals surface area contributed by atoms with Crippen LogP contribution in [0, 0.1) is 18.6 Å². The van der Waals surface area contributed by atoms with Crippen molar-refractivity contribution in [2.45, 2.75) is 25.6 Å². The molecule has 0 amide bonds. The SMILES string of the molecule is COC(=O)C1=CC(N)(n2c(C)ccc2-c2cc(Br)ccc2OCc2ccc(F)cc2F)C=CC1. The van der Waals surface area contributed by atoms with Gasteiger partial charge in [0, 0.05) is 32.9 Å². The molecule has 0 aliphatic heterocycles. The number of methoxy groups -OCH3 is 1. The first kappa shape index (κ1) is 23.9. The number of carbonyl (C=O) groups excluding carboxylic acids is 1. The lowest BCUT2D eigenvalue weighted by Crippen LogP contribution is -2.42. The lowest BCUT2D eigenvalue weighted by atomic mass is 9.96. The summed E-state index contributed by atoms with van der Waals surface area (Å²) < 4.78 is 41.0. The summed E-state index contributed by atoms with van der Waals surface area (Å²) in [5.74, 6) is -1.26. The van der Waals surface area contributed by atoms with Gasteiger partial charge in [-0.05, 0) is 68.0 Å². The van der Waals surface area contributed by atoms with E-state index < -0.39 is 23.3 Å². The molecule has 1 heterocycles. The zero-order chi connectivity index (χ0) is 24.5. The number of hydrogen-bond acceptors (Lipinski definition) is 4. The van der Waals surface area contributed by atoms with Crippen LogP contribution in [0.25, 0.3) is 11.3 Å². The van der Waals surface area contributed by atoms with Crippen molar-refractivity contribution < 1.29 is 23.0 Å². The van der Waals surface area contributed by atoms with E-state index >= 15 is 0 Å². The third kappa shape index (κ3) is 4.69. The smallest absolute Gasteiger partial charge is 0.333 e. The standard InChI is InChI=1S/C26H23BrF2N2O3/c1-16-5-9-23(31(16)26(30)11-3-4-17(14-26)25(32)33-2)21-12-19(27)7-10-24(21)34-15-18-6-8-20(28)13-22(18)29/h3,5-14H,4,15,30H2,1-2H3. The molecule has 1 aliphatic carbocycles. The molecule has 176 valence electrons. The Kier molecular flexibility index (Phi) is 6.72. The van der Waals surface area contributed by atoms with Gasteiger partial charge < -0.3 is 19.8 Å². The van der Waals surface area contributed by atoms with Gasteiger partial charge in [0.05, 0.1) is 12.8 Å². The summed E-state index contributed by atoms with van der Waals surface area (Å²) in [5, 5.41) is 0. The zero-order valence-electron chi connectivity index (χ0n) is 18.6. The van der Waals surface area contributed by atoms with Crippen LogP contribution in [0.15, 0.2) is 76.8 Å². The molecule has 34 heavy (non-hydrogen) atoms. The number of aryl methyl sites for hydroxylation is 1. The van der Waals surface area contributed by atoms with Crippen molar-refractivity contribution in [1.82, 2.24) is 4.57 Å². The minimum absolute atomic E-state index is 0.0828. The summed E-state index contributed by atoms with van der Waals surface area (Å²) in [6, 6.07) is 12.7. The minimum Gasteiger partial charge on any atom is -0.488 e. The molecule has 0 saturated carbocycles. The van der Waals surface area contributed by atoms with Crippen LogP contribution in [0.1, 0.15) is 17.7 Å². The Morgan fingerprint density at radius 3 is 2.71 bits per heavy atom. The van der Waals surface area contributed by atoms with Crippen LogP contribution < -0.4 is 10.5 Å². The number of nitrogens with zero attached hydrogens (tertiary/aromatic N) is 1. The Balaban J connectivity index is 1.76. The Hall–Kier alpha value is -3.23. The lowest BCUT2D eigenvalue weighted by Gasteiger charge is -2.32. The Morgan fingerprint density at radius 2 is 1.97 bits per heavy atom. The number of rotatable bonds is 6. The van der Waals surface area contributed by atoms with E-state index in [9.17, 15) is 13.6 Å². The van der Waals surface area contributed by atoms with Gasteiger partial charge in [0.15, 0.2) is 0 Å². The van der Waals surface area contributed by atoms with E-state index in [-0.39, 0.29) is 12.2 Å². The molecule has 1 unspecified atom stereocenters. The number of esters is 1. The molecule has 2 aromatic carbocycles. The second-order valence-electron chi connectivity index (χ2n) is 8.02. The molecule has 0 bridgehead atoms. The van der Waals surface area contributed by atoms with Gasteiger partial charge in [0.1, 0.15) is 29.7 Å². The predicted octanol–water partition coefficient (Wildman–Crippen LogP) is 5.75.